The molecule has 2 atom stereocenters. The van der Waals surface area contributed by atoms with E-state index in [1.807, 2.05) is 13.0 Å². The van der Waals surface area contributed by atoms with E-state index in [0.29, 0.717) is 5.92 Å². The zero-order chi connectivity index (χ0) is 15.7. The maximum absolute atomic E-state index is 11.1. The fourth-order valence-electron chi connectivity index (χ4n) is 2.21. The van der Waals surface area contributed by atoms with Crippen LogP contribution in [0.1, 0.15) is 46.0 Å². The van der Waals surface area contributed by atoms with Gasteiger partial charge in [-0.05, 0) is 38.5 Å². The summed E-state index contributed by atoms with van der Waals surface area (Å²) in [5.74, 6) is -0.700. The summed E-state index contributed by atoms with van der Waals surface area (Å²) in [5, 5.41) is 8.61. The van der Waals surface area contributed by atoms with E-state index in [2.05, 4.69) is 19.1 Å². The van der Waals surface area contributed by atoms with Gasteiger partial charge < -0.3 is 9.84 Å². The number of carbonyl (C=O) groups is 2. The number of carbonyl (C=O) groups excluding carboxylic acids is 1. The van der Waals surface area contributed by atoms with Crippen molar-refractivity contribution in [1.29, 1.82) is 0 Å². The summed E-state index contributed by atoms with van der Waals surface area (Å²) < 4.78 is 5.22. The molecule has 0 amide bonds. The topological polar surface area (TPSA) is 63.6 Å². The molecule has 0 spiro atoms. The maximum atomic E-state index is 11.1. The van der Waals surface area contributed by atoms with Crippen molar-refractivity contribution in [3.8, 4) is 0 Å². The van der Waals surface area contributed by atoms with Gasteiger partial charge in [0.1, 0.15) is 6.10 Å². The maximum Gasteiger partial charge on any atom is 0.330 e. The first-order chi connectivity index (χ1) is 9.97. The van der Waals surface area contributed by atoms with Gasteiger partial charge >= 0.3 is 11.9 Å². The van der Waals surface area contributed by atoms with Crippen molar-refractivity contribution < 1.29 is 19.4 Å². The molecular weight excluding hydrogens is 268 g/mol. The van der Waals surface area contributed by atoms with Crippen molar-refractivity contribution in [2.75, 3.05) is 0 Å². The molecule has 1 heterocycles. The smallest absolute Gasteiger partial charge is 0.330 e. The van der Waals surface area contributed by atoms with E-state index in [4.69, 9.17) is 9.84 Å². The summed E-state index contributed by atoms with van der Waals surface area (Å²) in [4.78, 5) is 21.6. The van der Waals surface area contributed by atoms with Gasteiger partial charge in [0, 0.05) is 18.6 Å². The number of rotatable bonds is 8. The van der Waals surface area contributed by atoms with Gasteiger partial charge in [-0.25, -0.2) is 9.59 Å². The minimum atomic E-state index is -0.888. The van der Waals surface area contributed by atoms with Crippen molar-refractivity contribution in [1.82, 2.24) is 0 Å². The molecule has 0 fully saturated rings. The van der Waals surface area contributed by atoms with Gasteiger partial charge in [0.15, 0.2) is 0 Å². The number of esters is 1. The van der Waals surface area contributed by atoms with Crippen molar-refractivity contribution in [3.63, 3.8) is 0 Å². The predicted molar refractivity (Wildman–Crippen MR) is 81.8 cm³/mol. The molecule has 0 radical (unpaired) electrons. The largest absolute Gasteiger partial charge is 0.478 e. The fraction of sp³-hybridized carbons (Fsp3) is 0.529. The lowest BCUT2D eigenvalue weighted by atomic mass is 9.99. The Kier molecular flexibility index (Phi) is 7.51. The zero-order valence-corrected chi connectivity index (χ0v) is 12.7. The Hall–Kier alpha value is -1.84. The SMILES string of the molecule is C/C(=C/C(=O)O)CC/C=C\C(C)CC[C@@H]1CC=CC(=O)O1. The van der Waals surface area contributed by atoms with Crippen molar-refractivity contribution >= 4 is 11.9 Å². The van der Waals surface area contributed by atoms with Crippen LogP contribution >= 0.6 is 0 Å². The highest BCUT2D eigenvalue weighted by Crippen LogP contribution is 2.17. The van der Waals surface area contributed by atoms with Crippen molar-refractivity contribution in [2.45, 2.75) is 52.1 Å². The number of carboxylic acid groups (broad SMARTS) is 1. The molecule has 1 unspecified atom stereocenters. The summed E-state index contributed by atoms with van der Waals surface area (Å²) in [5.41, 5.74) is 0.876. The Morgan fingerprint density at radius 3 is 3.00 bits per heavy atom. The van der Waals surface area contributed by atoms with E-state index in [1.165, 1.54) is 12.2 Å². The van der Waals surface area contributed by atoms with Crippen LogP contribution in [0, 0.1) is 5.92 Å². The number of carboxylic acids is 1. The highest BCUT2D eigenvalue weighted by Gasteiger charge is 2.16. The van der Waals surface area contributed by atoms with Gasteiger partial charge in [-0.3, -0.25) is 0 Å². The normalized spacial score (nSPS) is 20.6. The van der Waals surface area contributed by atoms with Crippen LogP contribution < -0.4 is 0 Å². The van der Waals surface area contributed by atoms with Crippen molar-refractivity contribution in [3.05, 3.63) is 36.0 Å². The number of ether oxygens (including phenoxy) is 1. The van der Waals surface area contributed by atoms with E-state index in [1.54, 1.807) is 0 Å². The molecule has 1 aliphatic rings. The Labute approximate surface area is 126 Å². The average Bonchev–Trinajstić information content (AvgIpc) is 2.41. The molecule has 0 aliphatic carbocycles. The highest BCUT2D eigenvalue weighted by atomic mass is 16.5. The van der Waals surface area contributed by atoms with Crippen molar-refractivity contribution in [2.24, 2.45) is 5.92 Å². The van der Waals surface area contributed by atoms with Gasteiger partial charge in [-0.2, -0.15) is 0 Å². The molecule has 1 N–H and O–H groups in total. The number of allylic oxidation sites excluding steroid dienone is 3. The van der Waals surface area contributed by atoms with Gasteiger partial charge in [0.2, 0.25) is 0 Å². The molecule has 0 aromatic rings. The molecule has 0 aromatic carbocycles. The van der Waals surface area contributed by atoms with Crippen LogP contribution in [0.25, 0.3) is 0 Å². The molecule has 0 aromatic heterocycles. The third-order valence-corrected chi connectivity index (χ3v) is 3.42. The van der Waals surface area contributed by atoms with Crippen LogP contribution in [0.4, 0.5) is 0 Å². The van der Waals surface area contributed by atoms with Gasteiger partial charge in [0.05, 0.1) is 0 Å². The number of aliphatic carboxylic acids is 1. The lowest BCUT2D eigenvalue weighted by molar-refractivity contribution is -0.144. The van der Waals surface area contributed by atoms with Gasteiger partial charge in [0.25, 0.3) is 0 Å². The molecule has 0 saturated heterocycles. The third-order valence-electron chi connectivity index (χ3n) is 3.42. The molecule has 116 valence electrons. The number of hydrogen-bond acceptors (Lipinski definition) is 3. The first-order valence-corrected chi connectivity index (χ1v) is 7.41. The van der Waals surface area contributed by atoms with Crippen LogP contribution in [0.5, 0.6) is 0 Å². The van der Waals surface area contributed by atoms with E-state index in [0.717, 1.165) is 37.7 Å². The molecule has 1 rings (SSSR count). The standard InChI is InChI=1S/C17H24O4/c1-13(6-3-4-7-14(2)12-16(18)19)10-11-15-8-5-9-17(20)21-15/h3,5-6,9,12-13,15H,4,7-8,10-11H2,1-2H3,(H,18,19)/b6-3-,14-12-/t13?,15-/m0/s1. The van der Waals surface area contributed by atoms with E-state index in [-0.39, 0.29) is 12.1 Å². The second-order valence-corrected chi connectivity index (χ2v) is 5.55. The second-order valence-electron chi connectivity index (χ2n) is 5.55. The Bertz CT molecular complexity index is 446. The lowest BCUT2D eigenvalue weighted by Gasteiger charge is -2.19. The first kappa shape index (κ1) is 17.2. The fourth-order valence-corrected chi connectivity index (χ4v) is 2.21. The van der Waals surface area contributed by atoms with Crippen LogP contribution in [0.15, 0.2) is 36.0 Å². The second kappa shape index (κ2) is 9.16. The van der Waals surface area contributed by atoms with Crippen LogP contribution in [-0.4, -0.2) is 23.1 Å². The van der Waals surface area contributed by atoms with Gasteiger partial charge in [-0.15, -0.1) is 0 Å². The molecule has 21 heavy (non-hydrogen) atoms. The average molecular weight is 292 g/mol. The molecule has 0 saturated carbocycles. The van der Waals surface area contributed by atoms with E-state index < -0.39 is 5.97 Å². The minimum absolute atomic E-state index is 0.0131. The molecular formula is C17H24O4. The van der Waals surface area contributed by atoms with E-state index in [9.17, 15) is 9.59 Å². The Morgan fingerprint density at radius 2 is 2.33 bits per heavy atom. The Morgan fingerprint density at radius 1 is 1.57 bits per heavy atom. The zero-order valence-electron chi connectivity index (χ0n) is 12.7. The van der Waals surface area contributed by atoms with Crippen LogP contribution in [-0.2, 0) is 14.3 Å². The highest BCUT2D eigenvalue weighted by molar-refractivity contribution is 5.82. The third kappa shape index (κ3) is 8.12. The summed E-state index contributed by atoms with van der Waals surface area (Å²) in [6, 6.07) is 0. The van der Waals surface area contributed by atoms with Gasteiger partial charge in [-0.1, -0.05) is 30.7 Å². The summed E-state index contributed by atoms with van der Waals surface area (Å²) in [6.45, 7) is 3.97. The number of cyclic esters (lactones) is 1. The van der Waals surface area contributed by atoms with Crippen LogP contribution in [0.3, 0.4) is 0 Å². The molecule has 0 bridgehead atoms. The minimum Gasteiger partial charge on any atom is -0.478 e. The summed E-state index contributed by atoms with van der Waals surface area (Å²) >= 11 is 0. The monoisotopic (exact) mass is 292 g/mol. The lowest BCUT2D eigenvalue weighted by Crippen LogP contribution is -2.20. The molecule has 1 aliphatic heterocycles. The number of hydrogen-bond donors (Lipinski definition) is 1. The predicted octanol–water partition coefficient (Wildman–Crippen LogP) is 3.64. The summed E-state index contributed by atoms with van der Waals surface area (Å²) in [6.07, 6.45) is 13.1. The quantitative estimate of drug-likeness (QED) is 0.421. The van der Waals surface area contributed by atoms with E-state index >= 15 is 0 Å². The first-order valence-electron chi connectivity index (χ1n) is 7.41. The molecule has 4 heteroatoms. The Balaban J connectivity index is 2.19. The summed E-state index contributed by atoms with van der Waals surface area (Å²) in [7, 11) is 0. The molecule has 4 nitrogen and oxygen atoms in total. The van der Waals surface area contributed by atoms with Crippen LogP contribution in [0.2, 0.25) is 0 Å².